The van der Waals surface area contributed by atoms with Crippen LogP contribution in [0.25, 0.3) is 33.7 Å². The van der Waals surface area contributed by atoms with E-state index in [0.29, 0.717) is 18.5 Å². The monoisotopic (exact) mass is 443 g/mol. The lowest BCUT2D eigenvalue weighted by Crippen LogP contribution is -2.09. The summed E-state index contributed by atoms with van der Waals surface area (Å²) in [6.07, 6.45) is -1.05. The molecule has 168 valence electrons. The molecule has 0 saturated heterocycles. The topological polar surface area (TPSA) is 60.9 Å². The summed E-state index contributed by atoms with van der Waals surface area (Å²) in [5, 5.41) is 4.85. The van der Waals surface area contributed by atoms with Crippen molar-refractivity contribution < 1.29 is 22.5 Å². The Kier molecular flexibility index (Phi) is 7.12. The van der Waals surface area contributed by atoms with Crippen molar-refractivity contribution in [3.05, 3.63) is 59.8 Å². The minimum absolute atomic E-state index is 0.0237. The number of aromatic nitrogens is 3. The fraction of sp³-hybridized carbons (Fsp3) is 0.292. The number of benzene rings is 2. The molecule has 0 unspecified atom stereocenters. The number of rotatable bonds is 6. The van der Waals surface area contributed by atoms with E-state index >= 15 is 0 Å². The van der Waals surface area contributed by atoms with Gasteiger partial charge in [0, 0.05) is 41.2 Å². The molecule has 0 bridgehead atoms. The summed E-state index contributed by atoms with van der Waals surface area (Å²) in [6, 6.07) is 11.5. The van der Waals surface area contributed by atoms with Crippen LogP contribution >= 0.6 is 0 Å². The number of aryl methyl sites for hydroxylation is 2. The van der Waals surface area contributed by atoms with Crippen molar-refractivity contribution in [3.63, 3.8) is 0 Å². The molecular formula is C24H24F3N3O2. The first-order chi connectivity index (χ1) is 15.4. The smallest absolute Gasteiger partial charge is 0.347 e. The Morgan fingerprint density at radius 1 is 1.12 bits per heavy atom. The first kappa shape index (κ1) is 23.2. The lowest BCUT2D eigenvalue weighted by Gasteiger charge is -2.12. The predicted molar refractivity (Wildman–Crippen MR) is 117 cm³/mol. The Hall–Kier alpha value is -3.42. The third-order valence-corrected chi connectivity index (χ3v) is 5.01. The molecule has 0 radical (unpaired) electrons. The number of hydrogen-bond acceptors (Lipinski definition) is 4. The molecule has 8 heteroatoms. The highest BCUT2D eigenvalue weighted by atomic mass is 19.4. The second-order valence-electron chi connectivity index (χ2n) is 6.85. The van der Waals surface area contributed by atoms with Crippen molar-refractivity contribution >= 4 is 17.2 Å². The van der Waals surface area contributed by atoms with Crippen LogP contribution in [0, 0.1) is 0 Å². The van der Waals surface area contributed by atoms with Gasteiger partial charge in [-0.25, -0.2) is 0 Å². The van der Waals surface area contributed by atoms with Crippen LogP contribution < -0.4 is 0 Å². The molecule has 4 aromatic rings. The van der Waals surface area contributed by atoms with Crippen molar-refractivity contribution in [3.8, 4) is 22.8 Å². The molecule has 0 spiro atoms. The quantitative estimate of drug-likeness (QED) is 0.317. The Morgan fingerprint density at radius 3 is 2.59 bits per heavy atom. The van der Waals surface area contributed by atoms with Crippen LogP contribution in [0.15, 0.2) is 53.2 Å². The van der Waals surface area contributed by atoms with Gasteiger partial charge in [0.05, 0.1) is 5.56 Å². The predicted octanol–water partition coefficient (Wildman–Crippen LogP) is 6.55. The number of nitrogens with zero attached hydrogens (tertiary/aromatic N) is 3. The van der Waals surface area contributed by atoms with Gasteiger partial charge in [-0.15, -0.1) is 0 Å². The number of aldehydes is 1. The lowest BCUT2D eigenvalue weighted by atomic mass is 10.0. The summed E-state index contributed by atoms with van der Waals surface area (Å²) in [7, 11) is 0. The fourth-order valence-electron chi connectivity index (χ4n) is 3.54. The molecule has 2 heterocycles. The summed E-state index contributed by atoms with van der Waals surface area (Å²) in [5.41, 5.74) is 1.35. The largest absolute Gasteiger partial charge is 0.416 e. The summed E-state index contributed by atoms with van der Waals surface area (Å²) in [4.78, 5) is 15.0. The molecule has 32 heavy (non-hydrogen) atoms. The molecule has 0 saturated carbocycles. The van der Waals surface area contributed by atoms with Crippen molar-refractivity contribution in [2.75, 3.05) is 0 Å². The van der Waals surface area contributed by atoms with E-state index in [9.17, 15) is 18.0 Å². The van der Waals surface area contributed by atoms with Gasteiger partial charge in [-0.3, -0.25) is 0 Å². The van der Waals surface area contributed by atoms with E-state index in [1.165, 1.54) is 6.07 Å². The van der Waals surface area contributed by atoms with E-state index in [0.717, 1.165) is 23.3 Å². The van der Waals surface area contributed by atoms with Gasteiger partial charge in [-0.1, -0.05) is 44.1 Å². The molecule has 0 aliphatic carbocycles. The minimum atomic E-state index is -4.46. The summed E-state index contributed by atoms with van der Waals surface area (Å²) in [5.74, 6) is 0.312. The first-order valence-electron chi connectivity index (χ1n) is 10.5. The zero-order chi connectivity index (χ0) is 23.3. The van der Waals surface area contributed by atoms with Crippen LogP contribution in [0.1, 0.15) is 38.3 Å². The van der Waals surface area contributed by atoms with E-state index in [4.69, 9.17) is 4.52 Å². The van der Waals surface area contributed by atoms with Gasteiger partial charge in [-0.05, 0) is 36.2 Å². The summed E-state index contributed by atoms with van der Waals surface area (Å²) in [6.45, 7) is 6.23. The van der Waals surface area contributed by atoms with Crippen molar-refractivity contribution in [1.82, 2.24) is 14.7 Å². The molecular weight excluding hydrogens is 419 g/mol. The van der Waals surface area contributed by atoms with E-state index in [2.05, 4.69) is 10.1 Å². The number of hydrogen-bond donors (Lipinski definition) is 0. The minimum Gasteiger partial charge on any atom is -0.347 e. The highest BCUT2D eigenvalue weighted by Gasteiger charge is 2.33. The maximum absolute atomic E-state index is 13.4. The number of fused-ring (bicyclic) bond motifs is 1. The van der Waals surface area contributed by atoms with Crippen LogP contribution in [0.2, 0.25) is 0 Å². The Bertz CT molecular complexity index is 1210. The summed E-state index contributed by atoms with van der Waals surface area (Å²) < 4.78 is 47.4. The molecule has 0 fully saturated rings. The third kappa shape index (κ3) is 4.59. The zero-order valence-corrected chi connectivity index (χ0v) is 18.1. The van der Waals surface area contributed by atoms with Crippen LogP contribution in [-0.4, -0.2) is 21.0 Å². The maximum Gasteiger partial charge on any atom is 0.416 e. The highest BCUT2D eigenvalue weighted by molar-refractivity contribution is 5.94. The second kappa shape index (κ2) is 9.80. The van der Waals surface area contributed by atoms with Crippen LogP contribution in [0.4, 0.5) is 13.2 Å². The molecule has 0 aliphatic heterocycles. The van der Waals surface area contributed by atoms with E-state index in [-0.39, 0.29) is 29.3 Å². The van der Waals surface area contributed by atoms with Gasteiger partial charge in [0.25, 0.3) is 5.89 Å². The zero-order valence-electron chi connectivity index (χ0n) is 18.1. The van der Waals surface area contributed by atoms with Crippen molar-refractivity contribution in [2.24, 2.45) is 0 Å². The standard InChI is InChI=1S/C22H18F3N3O2.C2H6/c1-2-14-7-8-15(13-18(14)22(23,24)25)21-26-20(27-30-21)17-5-3-6-19-16(17)9-11-28(19)10-4-12-29;1-2/h3,5-9,11-13H,2,4,10H2,1H3;1-2H3. The average molecular weight is 443 g/mol. The first-order valence-corrected chi connectivity index (χ1v) is 10.5. The lowest BCUT2D eigenvalue weighted by molar-refractivity contribution is -0.138. The van der Waals surface area contributed by atoms with Crippen LogP contribution in [0.5, 0.6) is 0 Å². The van der Waals surface area contributed by atoms with E-state index in [1.807, 2.05) is 48.9 Å². The number of carbonyl (C=O) groups is 1. The molecule has 5 nitrogen and oxygen atoms in total. The van der Waals surface area contributed by atoms with Crippen LogP contribution in [0.3, 0.4) is 0 Å². The summed E-state index contributed by atoms with van der Waals surface area (Å²) >= 11 is 0. The Morgan fingerprint density at radius 2 is 1.91 bits per heavy atom. The molecule has 2 aromatic heterocycles. The number of alkyl halides is 3. The molecule has 0 N–H and O–H groups in total. The Balaban J connectivity index is 0.00000141. The molecule has 2 aromatic carbocycles. The Labute approximate surface area is 183 Å². The highest BCUT2D eigenvalue weighted by Crippen LogP contribution is 2.36. The maximum atomic E-state index is 13.4. The average Bonchev–Trinajstić information content (AvgIpc) is 3.45. The van der Waals surface area contributed by atoms with Gasteiger partial charge in [0.1, 0.15) is 6.29 Å². The normalized spacial score (nSPS) is 11.3. The van der Waals surface area contributed by atoms with Gasteiger partial charge >= 0.3 is 6.18 Å². The van der Waals surface area contributed by atoms with Crippen molar-refractivity contribution in [1.29, 1.82) is 0 Å². The molecule has 0 atom stereocenters. The van der Waals surface area contributed by atoms with E-state index in [1.54, 1.807) is 13.0 Å². The van der Waals surface area contributed by atoms with Crippen LogP contribution in [-0.2, 0) is 23.9 Å². The molecule has 0 amide bonds. The van der Waals surface area contributed by atoms with E-state index < -0.39 is 11.7 Å². The van der Waals surface area contributed by atoms with Gasteiger partial charge in [0.15, 0.2) is 0 Å². The van der Waals surface area contributed by atoms with Gasteiger partial charge in [0.2, 0.25) is 5.82 Å². The third-order valence-electron chi connectivity index (χ3n) is 5.01. The second-order valence-corrected chi connectivity index (χ2v) is 6.85. The molecule has 0 aliphatic rings. The van der Waals surface area contributed by atoms with Crippen molar-refractivity contribution in [2.45, 2.75) is 46.3 Å². The van der Waals surface area contributed by atoms with Gasteiger partial charge < -0.3 is 13.9 Å². The molecule has 4 rings (SSSR count). The number of halogens is 3. The fourth-order valence-corrected chi connectivity index (χ4v) is 3.54. The van der Waals surface area contributed by atoms with Gasteiger partial charge in [-0.2, -0.15) is 18.2 Å². The SMILES string of the molecule is CC.CCc1ccc(-c2nc(-c3cccc4c3ccn4CCC=O)no2)cc1C(F)(F)F. The number of carbonyl (C=O) groups excluding carboxylic acids is 1.